The number of benzene rings is 2. The molecule has 112 valence electrons. The molecule has 0 unspecified atom stereocenters. The summed E-state index contributed by atoms with van der Waals surface area (Å²) in [6, 6.07) is 9.09. The Labute approximate surface area is 124 Å². The highest BCUT2D eigenvalue weighted by atomic mass is 35.5. The van der Waals surface area contributed by atoms with Gasteiger partial charge in [-0.2, -0.15) is 13.2 Å². The summed E-state index contributed by atoms with van der Waals surface area (Å²) >= 11 is 5.65. The fraction of sp³-hybridized carbons (Fsp3) is 0.200. The van der Waals surface area contributed by atoms with Crippen LogP contribution in [0.5, 0.6) is 11.5 Å². The average Bonchev–Trinajstić information content (AvgIpc) is 2.47. The Bertz CT molecular complexity index is 625. The molecule has 0 radical (unpaired) electrons. The summed E-state index contributed by atoms with van der Waals surface area (Å²) in [5.41, 5.74) is 0.130. The van der Waals surface area contributed by atoms with Crippen molar-refractivity contribution >= 4 is 11.6 Å². The van der Waals surface area contributed by atoms with Gasteiger partial charge in [0.15, 0.2) is 0 Å². The van der Waals surface area contributed by atoms with Crippen LogP contribution in [0.3, 0.4) is 0 Å². The normalized spacial score (nSPS) is 11.5. The molecule has 0 fully saturated rings. The van der Waals surface area contributed by atoms with Crippen molar-refractivity contribution in [2.75, 3.05) is 0 Å². The van der Waals surface area contributed by atoms with Crippen molar-refractivity contribution in [3.63, 3.8) is 0 Å². The van der Waals surface area contributed by atoms with E-state index in [-0.39, 0.29) is 22.9 Å². The van der Waals surface area contributed by atoms with Crippen LogP contribution < -0.4 is 4.74 Å². The van der Waals surface area contributed by atoms with E-state index in [2.05, 4.69) is 0 Å². The van der Waals surface area contributed by atoms with Crippen LogP contribution in [0.15, 0.2) is 42.5 Å². The predicted molar refractivity (Wildman–Crippen MR) is 72.3 cm³/mol. The van der Waals surface area contributed by atoms with Gasteiger partial charge >= 0.3 is 6.18 Å². The topological polar surface area (TPSA) is 9.23 Å². The van der Waals surface area contributed by atoms with Crippen molar-refractivity contribution in [3.05, 3.63) is 59.2 Å². The van der Waals surface area contributed by atoms with Crippen LogP contribution >= 0.6 is 11.6 Å². The molecule has 2 aromatic carbocycles. The number of ether oxygens (including phenoxy) is 1. The van der Waals surface area contributed by atoms with Gasteiger partial charge in [-0.25, -0.2) is 4.39 Å². The van der Waals surface area contributed by atoms with Crippen LogP contribution in [-0.4, -0.2) is 0 Å². The van der Waals surface area contributed by atoms with Crippen LogP contribution in [0.25, 0.3) is 0 Å². The molecular weight excluding hydrogens is 308 g/mol. The molecule has 0 aliphatic carbocycles. The second-order valence-corrected chi connectivity index (χ2v) is 4.60. The Morgan fingerprint density at radius 3 is 2.43 bits per heavy atom. The Morgan fingerprint density at radius 2 is 1.81 bits per heavy atom. The first-order valence-corrected chi connectivity index (χ1v) is 6.56. The molecule has 0 aromatic heterocycles. The molecule has 0 bridgehead atoms. The maximum absolute atomic E-state index is 13.0. The smallest absolute Gasteiger partial charge is 0.416 e. The summed E-state index contributed by atoms with van der Waals surface area (Å²) in [4.78, 5) is 0. The van der Waals surface area contributed by atoms with Gasteiger partial charge in [-0.1, -0.05) is 12.1 Å². The molecule has 2 aromatic rings. The van der Waals surface area contributed by atoms with E-state index in [4.69, 9.17) is 16.3 Å². The van der Waals surface area contributed by atoms with Crippen LogP contribution in [0.2, 0.25) is 0 Å². The lowest BCUT2D eigenvalue weighted by Crippen LogP contribution is -2.04. The van der Waals surface area contributed by atoms with E-state index in [1.54, 1.807) is 6.07 Å². The molecule has 1 nitrogen and oxygen atoms in total. The highest BCUT2D eigenvalue weighted by Crippen LogP contribution is 2.33. The molecule has 0 amide bonds. The van der Waals surface area contributed by atoms with Gasteiger partial charge in [-0.05, 0) is 35.9 Å². The minimum absolute atomic E-state index is 0.00171. The molecule has 21 heavy (non-hydrogen) atoms. The van der Waals surface area contributed by atoms with E-state index in [0.29, 0.717) is 5.56 Å². The number of rotatable bonds is 4. The van der Waals surface area contributed by atoms with E-state index < -0.39 is 18.4 Å². The first-order chi connectivity index (χ1) is 9.94. The Hall–Kier alpha value is -1.75. The van der Waals surface area contributed by atoms with Crippen molar-refractivity contribution in [2.45, 2.75) is 18.7 Å². The second-order valence-electron chi connectivity index (χ2n) is 4.34. The van der Waals surface area contributed by atoms with Gasteiger partial charge in [0.1, 0.15) is 18.2 Å². The third-order valence-corrected chi connectivity index (χ3v) is 3.12. The third kappa shape index (κ3) is 3.88. The molecule has 0 heterocycles. The molecule has 0 atom stereocenters. The maximum Gasteiger partial charge on any atom is 0.416 e. The average molecular weight is 319 g/mol. The summed E-state index contributed by atoms with van der Waals surface area (Å²) in [6.45, 7) is -0.793. The quantitative estimate of drug-likeness (QED) is 0.518. The van der Waals surface area contributed by atoms with Crippen molar-refractivity contribution in [2.24, 2.45) is 0 Å². The summed E-state index contributed by atoms with van der Waals surface area (Å²) in [5, 5.41) is 0. The van der Waals surface area contributed by atoms with Crippen LogP contribution in [0.1, 0.15) is 16.7 Å². The van der Waals surface area contributed by atoms with Gasteiger partial charge in [-0.3, -0.25) is 0 Å². The molecule has 0 aliphatic rings. The molecule has 0 aliphatic heterocycles. The summed E-state index contributed by atoms with van der Waals surface area (Å²) in [6.07, 6.45) is -4.45. The highest BCUT2D eigenvalue weighted by molar-refractivity contribution is 6.17. The molecule has 0 N–H and O–H groups in total. The van der Waals surface area contributed by atoms with Crippen molar-refractivity contribution in [3.8, 4) is 11.5 Å². The lowest BCUT2D eigenvalue weighted by atomic mass is 10.1. The van der Waals surface area contributed by atoms with Crippen molar-refractivity contribution < 1.29 is 22.3 Å². The zero-order chi connectivity index (χ0) is 15.5. The molecule has 2 rings (SSSR count). The largest absolute Gasteiger partial charge is 0.457 e. The molecule has 0 saturated heterocycles. The van der Waals surface area contributed by atoms with Crippen molar-refractivity contribution in [1.82, 2.24) is 0 Å². The van der Waals surface area contributed by atoms with Gasteiger partial charge in [-0.15, -0.1) is 11.6 Å². The van der Waals surface area contributed by atoms with Crippen LogP contribution in [0, 0.1) is 0 Å². The minimum atomic E-state index is -4.45. The van der Waals surface area contributed by atoms with Crippen LogP contribution in [-0.2, 0) is 18.7 Å². The summed E-state index contributed by atoms with van der Waals surface area (Å²) in [5.74, 6) is 0.389. The van der Waals surface area contributed by atoms with E-state index in [1.165, 1.54) is 24.3 Å². The molecule has 0 saturated carbocycles. The lowest BCUT2D eigenvalue weighted by molar-refractivity contribution is -0.137. The van der Waals surface area contributed by atoms with Crippen molar-refractivity contribution in [1.29, 1.82) is 0 Å². The van der Waals surface area contributed by atoms with Gasteiger partial charge in [0, 0.05) is 11.4 Å². The summed E-state index contributed by atoms with van der Waals surface area (Å²) < 4.78 is 56.2. The lowest BCUT2D eigenvalue weighted by Gasteiger charge is -2.12. The maximum atomic E-state index is 13.0. The molecule has 0 spiro atoms. The number of hydrogen-bond donors (Lipinski definition) is 0. The number of hydrogen-bond acceptors (Lipinski definition) is 1. The van der Waals surface area contributed by atoms with Gasteiger partial charge in [0.05, 0.1) is 5.56 Å². The van der Waals surface area contributed by atoms with Gasteiger partial charge in [0.2, 0.25) is 0 Å². The Balaban J connectivity index is 2.30. The first-order valence-electron chi connectivity index (χ1n) is 6.03. The highest BCUT2D eigenvalue weighted by Gasteiger charge is 2.30. The van der Waals surface area contributed by atoms with Crippen LogP contribution in [0.4, 0.5) is 17.6 Å². The first kappa shape index (κ1) is 15.6. The number of alkyl halides is 5. The molecular formula is C15H11ClF4O. The number of halogens is 5. The fourth-order valence-electron chi connectivity index (χ4n) is 1.78. The minimum Gasteiger partial charge on any atom is -0.457 e. The zero-order valence-electron chi connectivity index (χ0n) is 10.8. The van der Waals surface area contributed by atoms with E-state index in [1.807, 2.05) is 0 Å². The SMILES string of the molecule is FCc1cc(CCl)ccc1Oc1cccc(C(F)(F)F)c1. The monoisotopic (exact) mass is 318 g/mol. The third-order valence-electron chi connectivity index (χ3n) is 2.81. The zero-order valence-corrected chi connectivity index (χ0v) is 11.5. The standard InChI is InChI=1S/C15H11ClF4O/c16-8-10-4-5-14(11(6-10)9-17)21-13-3-1-2-12(7-13)15(18,19)20/h1-7H,8-9H2. The Morgan fingerprint density at radius 1 is 1.05 bits per heavy atom. The van der Waals surface area contributed by atoms with E-state index in [9.17, 15) is 17.6 Å². The summed E-state index contributed by atoms with van der Waals surface area (Å²) in [7, 11) is 0. The van der Waals surface area contributed by atoms with E-state index >= 15 is 0 Å². The van der Waals surface area contributed by atoms with Gasteiger partial charge in [0.25, 0.3) is 0 Å². The second kappa shape index (κ2) is 6.35. The van der Waals surface area contributed by atoms with Gasteiger partial charge < -0.3 is 4.74 Å². The molecule has 6 heteroatoms. The van der Waals surface area contributed by atoms with E-state index in [0.717, 1.165) is 12.1 Å². The Kier molecular flexibility index (Phi) is 4.73. The fourth-order valence-corrected chi connectivity index (χ4v) is 1.95. The predicted octanol–water partition coefficient (Wildman–Crippen LogP) is 5.71.